The average molecular weight is 226 g/mol. The van der Waals surface area contributed by atoms with Crippen molar-refractivity contribution in [3.8, 4) is 0 Å². The molecule has 2 N–H and O–H groups in total. The summed E-state index contributed by atoms with van der Waals surface area (Å²) in [5.74, 6) is -0.0809. The maximum atomic E-state index is 12.0. The molecule has 0 aromatic rings. The molecular weight excluding hydrogens is 204 g/mol. The summed E-state index contributed by atoms with van der Waals surface area (Å²) in [6.45, 7) is 5.32. The van der Waals surface area contributed by atoms with Crippen molar-refractivity contribution in [1.29, 1.82) is 0 Å². The molecule has 0 radical (unpaired) electrons. The van der Waals surface area contributed by atoms with Gasteiger partial charge in [-0.2, -0.15) is 0 Å². The van der Waals surface area contributed by atoms with Crippen LogP contribution in [0, 0.1) is 5.92 Å². The molecule has 0 saturated heterocycles. The SMILES string of the molecule is CC(=O)NC(C(=O)NC1CCCC1)C(C)C. The van der Waals surface area contributed by atoms with Crippen LogP contribution < -0.4 is 10.6 Å². The van der Waals surface area contributed by atoms with E-state index in [0.29, 0.717) is 6.04 Å². The molecule has 0 heterocycles. The van der Waals surface area contributed by atoms with Crippen molar-refractivity contribution >= 4 is 11.8 Å². The molecule has 0 aromatic carbocycles. The van der Waals surface area contributed by atoms with Crippen LogP contribution in [0.5, 0.6) is 0 Å². The molecule has 0 aromatic heterocycles. The van der Waals surface area contributed by atoms with Crippen LogP contribution in [-0.2, 0) is 9.59 Å². The van der Waals surface area contributed by atoms with Crippen LogP contribution in [0.25, 0.3) is 0 Å². The van der Waals surface area contributed by atoms with Crippen LogP contribution >= 0.6 is 0 Å². The van der Waals surface area contributed by atoms with Gasteiger partial charge in [0.1, 0.15) is 6.04 Å². The fourth-order valence-corrected chi connectivity index (χ4v) is 2.12. The zero-order chi connectivity index (χ0) is 12.1. The van der Waals surface area contributed by atoms with Crippen LogP contribution in [-0.4, -0.2) is 23.9 Å². The predicted molar refractivity (Wildman–Crippen MR) is 62.8 cm³/mol. The molecule has 1 atom stereocenters. The summed E-state index contributed by atoms with van der Waals surface area (Å²) < 4.78 is 0. The highest BCUT2D eigenvalue weighted by molar-refractivity contribution is 5.87. The molecule has 1 aliphatic carbocycles. The Balaban J connectivity index is 2.49. The Morgan fingerprint density at radius 3 is 2.19 bits per heavy atom. The normalized spacial score (nSPS) is 18.5. The lowest BCUT2D eigenvalue weighted by molar-refractivity contribution is -0.129. The molecule has 16 heavy (non-hydrogen) atoms. The zero-order valence-corrected chi connectivity index (χ0v) is 10.4. The monoisotopic (exact) mass is 226 g/mol. The highest BCUT2D eigenvalue weighted by Crippen LogP contribution is 2.18. The first-order valence-corrected chi connectivity index (χ1v) is 6.08. The van der Waals surface area contributed by atoms with E-state index in [1.807, 2.05) is 13.8 Å². The number of nitrogens with one attached hydrogen (secondary N) is 2. The third kappa shape index (κ3) is 3.83. The van der Waals surface area contributed by atoms with E-state index >= 15 is 0 Å². The Hall–Kier alpha value is -1.06. The molecule has 0 spiro atoms. The topological polar surface area (TPSA) is 58.2 Å². The molecule has 1 rings (SSSR count). The zero-order valence-electron chi connectivity index (χ0n) is 10.4. The molecule has 92 valence electrons. The number of carbonyl (C=O) groups excluding carboxylic acids is 2. The summed E-state index contributed by atoms with van der Waals surface area (Å²) in [7, 11) is 0. The minimum atomic E-state index is -0.405. The van der Waals surface area contributed by atoms with Gasteiger partial charge in [-0.3, -0.25) is 9.59 Å². The van der Waals surface area contributed by atoms with Gasteiger partial charge in [-0.1, -0.05) is 26.7 Å². The number of hydrogen-bond donors (Lipinski definition) is 2. The second-order valence-corrected chi connectivity index (χ2v) is 4.91. The quantitative estimate of drug-likeness (QED) is 0.757. The van der Waals surface area contributed by atoms with Gasteiger partial charge in [0.2, 0.25) is 11.8 Å². The second kappa shape index (κ2) is 5.87. The summed E-state index contributed by atoms with van der Waals surface area (Å²) in [5.41, 5.74) is 0. The third-order valence-corrected chi connectivity index (χ3v) is 3.01. The van der Waals surface area contributed by atoms with Crippen molar-refractivity contribution in [2.75, 3.05) is 0 Å². The van der Waals surface area contributed by atoms with Gasteiger partial charge in [0.05, 0.1) is 0 Å². The Labute approximate surface area is 97.2 Å². The first-order chi connectivity index (χ1) is 7.50. The molecule has 1 fully saturated rings. The number of carbonyl (C=O) groups is 2. The molecule has 0 aliphatic heterocycles. The lowest BCUT2D eigenvalue weighted by Crippen LogP contribution is -2.51. The van der Waals surface area contributed by atoms with Crippen molar-refractivity contribution in [3.05, 3.63) is 0 Å². The largest absolute Gasteiger partial charge is 0.352 e. The molecule has 1 unspecified atom stereocenters. The highest BCUT2D eigenvalue weighted by Gasteiger charge is 2.26. The molecule has 1 aliphatic rings. The number of rotatable bonds is 4. The van der Waals surface area contributed by atoms with Crippen LogP contribution in [0.4, 0.5) is 0 Å². The summed E-state index contributed by atoms with van der Waals surface area (Å²) >= 11 is 0. The van der Waals surface area contributed by atoms with E-state index in [-0.39, 0.29) is 17.7 Å². The van der Waals surface area contributed by atoms with Gasteiger partial charge < -0.3 is 10.6 Å². The van der Waals surface area contributed by atoms with Crippen molar-refractivity contribution < 1.29 is 9.59 Å². The molecule has 4 heteroatoms. The lowest BCUT2D eigenvalue weighted by Gasteiger charge is -2.23. The first kappa shape index (κ1) is 13.0. The first-order valence-electron chi connectivity index (χ1n) is 6.08. The fraction of sp³-hybridized carbons (Fsp3) is 0.833. The maximum Gasteiger partial charge on any atom is 0.243 e. The minimum Gasteiger partial charge on any atom is -0.352 e. The standard InChI is InChI=1S/C12H22N2O2/c1-8(2)11(13-9(3)15)12(16)14-10-6-4-5-7-10/h8,10-11H,4-7H2,1-3H3,(H,13,15)(H,14,16). The minimum absolute atomic E-state index is 0.0444. The van der Waals surface area contributed by atoms with Crippen molar-refractivity contribution in [1.82, 2.24) is 10.6 Å². The smallest absolute Gasteiger partial charge is 0.243 e. The van der Waals surface area contributed by atoms with E-state index in [2.05, 4.69) is 10.6 Å². The molecule has 1 saturated carbocycles. The van der Waals surface area contributed by atoms with Crippen molar-refractivity contribution in [3.63, 3.8) is 0 Å². The highest BCUT2D eigenvalue weighted by atomic mass is 16.2. The Bertz CT molecular complexity index is 258. The van der Waals surface area contributed by atoms with Gasteiger partial charge in [0.15, 0.2) is 0 Å². The van der Waals surface area contributed by atoms with E-state index in [1.165, 1.54) is 19.8 Å². The van der Waals surface area contributed by atoms with Gasteiger partial charge in [-0.05, 0) is 18.8 Å². The van der Waals surface area contributed by atoms with Crippen molar-refractivity contribution in [2.45, 2.75) is 58.5 Å². The van der Waals surface area contributed by atoms with Gasteiger partial charge in [-0.15, -0.1) is 0 Å². The van der Waals surface area contributed by atoms with E-state index in [9.17, 15) is 9.59 Å². The van der Waals surface area contributed by atoms with Crippen LogP contribution in [0.1, 0.15) is 46.5 Å². The van der Waals surface area contributed by atoms with E-state index in [1.54, 1.807) is 0 Å². The van der Waals surface area contributed by atoms with Crippen LogP contribution in [0.2, 0.25) is 0 Å². The van der Waals surface area contributed by atoms with E-state index < -0.39 is 6.04 Å². The van der Waals surface area contributed by atoms with Crippen LogP contribution in [0.3, 0.4) is 0 Å². The lowest BCUT2D eigenvalue weighted by atomic mass is 10.0. The van der Waals surface area contributed by atoms with Gasteiger partial charge >= 0.3 is 0 Å². The summed E-state index contributed by atoms with van der Waals surface area (Å²) in [6, 6.07) is -0.0967. The Kier molecular flexibility index (Phi) is 4.77. The number of amides is 2. The van der Waals surface area contributed by atoms with Gasteiger partial charge in [0, 0.05) is 13.0 Å². The summed E-state index contributed by atoms with van der Waals surface area (Å²) in [5, 5.41) is 5.71. The second-order valence-electron chi connectivity index (χ2n) is 4.91. The molecule has 2 amide bonds. The number of hydrogen-bond acceptors (Lipinski definition) is 2. The van der Waals surface area contributed by atoms with Crippen LogP contribution in [0.15, 0.2) is 0 Å². The van der Waals surface area contributed by atoms with Gasteiger partial charge in [0.25, 0.3) is 0 Å². The fourth-order valence-electron chi connectivity index (χ4n) is 2.12. The Morgan fingerprint density at radius 2 is 1.75 bits per heavy atom. The van der Waals surface area contributed by atoms with Crippen molar-refractivity contribution in [2.24, 2.45) is 5.92 Å². The Morgan fingerprint density at radius 1 is 1.19 bits per heavy atom. The van der Waals surface area contributed by atoms with E-state index in [4.69, 9.17) is 0 Å². The summed E-state index contributed by atoms with van der Waals surface area (Å²) in [6.07, 6.45) is 4.52. The molecule has 4 nitrogen and oxygen atoms in total. The maximum absolute atomic E-state index is 12.0. The van der Waals surface area contributed by atoms with E-state index in [0.717, 1.165) is 12.8 Å². The predicted octanol–water partition coefficient (Wildman–Crippen LogP) is 1.21. The summed E-state index contributed by atoms with van der Waals surface area (Å²) in [4.78, 5) is 23.0. The third-order valence-electron chi connectivity index (χ3n) is 3.01. The molecule has 0 bridgehead atoms. The van der Waals surface area contributed by atoms with Gasteiger partial charge in [-0.25, -0.2) is 0 Å². The molecular formula is C12H22N2O2. The average Bonchev–Trinajstić information content (AvgIpc) is 2.65.